The summed E-state index contributed by atoms with van der Waals surface area (Å²) in [4.78, 5) is 26.1. The van der Waals surface area contributed by atoms with E-state index in [9.17, 15) is 10.1 Å². The summed E-state index contributed by atoms with van der Waals surface area (Å²) in [7, 11) is 0. The van der Waals surface area contributed by atoms with Crippen LogP contribution in [0.15, 0.2) is 67.1 Å². The minimum Gasteiger partial charge on any atom is -0.320 e. The van der Waals surface area contributed by atoms with Crippen LogP contribution in [-0.2, 0) is 0 Å². The van der Waals surface area contributed by atoms with Crippen LogP contribution in [0, 0.1) is 17.0 Å². The molecule has 0 bridgehead atoms. The van der Waals surface area contributed by atoms with Crippen LogP contribution in [0.5, 0.6) is 0 Å². The highest BCUT2D eigenvalue weighted by atomic mass is 16.6. The molecule has 0 spiro atoms. The molecule has 4 rings (SSSR count). The third-order valence-corrected chi connectivity index (χ3v) is 4.77. The molecule has 4 aromatic rings. The zero-order valence-electron chi connectivity index (χ0n) is 16.6. The summed E-state index contributed by atoms with van der Waals surface area (Å²) in [5.41, 5.74) is 1.64. The van der Waals surface area contributed by atoms with Crippen molar-refractivity contribution in [1.29, 1.82) is 0 Å². The van der Waals surface area contributed by atoms with Crippen LogP contribution in [0.1, 0.15) is 12.5 Å². The molecule has 0 radical (unpaired) electrons. The molecule has 150 valence electrons. The molecule has 0 aliphatic rings. The minimum absolute atomic E-state index is 0.0973. The first kappa shape index (κ1) is 19.3. The van der Waals surface area contributed by atoms with E-state index in [-0.39, 0.29) is 17.3 Å². The standard InChI is InChI=1S/C22H20N6O2/c1-3-27(18-10-6-8-16-7-4-5-9-17(16)18)22-20(28(29)30)21(24-14-25-22)26-19-12-11-15(2)13-23-19/h4-14H,3H2,1-2H3,(H,23,24,25,26). The van der Waals surface area contributed by atoms with E-state index in [1.165, 1.54) is 6.33 Å². The maximum absolute atomic E-state index is 12.0. The van der Waals surface area contributed by atoms with Gasteiger partial charge >= 0.3 is 5.69 Å². The molecule has 0 saturated heterocycles. The number of hydrogen-bond acceptors (Lipinski definition) is 7. The van der Waals surface area contributed by atoms with E-state index < -0.39 is 4.92 Å². The van der Waals surface area contributed by atoms with Crippen LogP contribution in [0.3, 0.4) is 0 Å². The van der Waals surface area contributed by atoms with Crippen LogP contribution in [-0.4, -0.2) is 26.4 Å². The van der Waals surface area contributed by atoms with Crippen molar-refractivity contribution in [2.45, 2.75) is 13.8 Å². The van der Waals surface area contributed by atoms with E-state index in [1.54, 1.807) is 12.3 Å². The average Bonchev–Trinajstić information content (AvgIpc) is 2.76. The summed E-state index contributed by atoms with van der Waals surface area (Å²) in [5, 5.41) is 17.0. The Morgan fingerprint density at radius 2 is 1.83 bits per heavy atom. The van der Waals surface area contributed by atoms with Gasteiger partial charge in [0.05, 0.1) is 10.6 Å². The van der Waals surface area contributed by atoms with Crippen LogP contribution in [0.4, 0.5) is 28.8 Å². The number of aromatic nitrogens is 3. The smallest absolute Gasteiger partial charge is 0.320 e. The van der Waals surface area contributed by atoms with Crippen LogP contribution >= 0.6 is 0 Å². The van der Waals surface area contributed by atoms with Crippen LogP contribution in [0.25, 0.3) is 10.8 Å². The van der Waals surface area contributed by atoms with Gasteiger partial charge in [0.1, 0.15) is 12.1 Å². The van der Waals surface area contributed by atoms with Crippen molar-refractivity contribution in [2.75, 3.05) is 16.8 Å². The Hall–Kier alpha value is -4.07. The Balaban J connectivity index is 1.84. The lowest BCUT2D eigenvalue weighted by Gasteiger charge is -2.23. The predicted octanol–water partition coefficient (Wildman–Crippen LogP) is 5.14. The minimum atomic E-state index is -0.459. The van der Waals surface area contributed by atoms with Gasteiger partial charge in [0, 0.05) is 18.1 Å². The third-order valence-electron chi connectivity index (χ3n) is 4.77. The van der Waals surface area contributed by atoms with E-state index in [4.69, 9.17) is 0 Å². The molecule has 30 heavy (non-hydrogen) atoms. The second-order valence-electron chi connectivity index (χ2n) is 6.74. The molecule has 0 amide bonds. The lowest BCUT2D eigenvalue weighted by atomic mass is 10.1. The molecule has 1 N–H and O–H groups in total. The normalized spacial score (nSPS) is 10.7. The molecule has 8 heteroatoms. The molecule has 0 aliphatic heterocycles. The number of anilines is 4. The number of hydrogen-bond donors (Lipinski definition) is 1. The van der Waals surface area contributed by atoms with Crippen molar-refractivity contribution in [3.8, 4) is 0 Å². The van der Waals surface area contributed by atoms with Crippen molar-refractivity contribution in [1.82, 2.24) is 15.0 Å². The van der Waals surface area contributed by atoms with Gasteiger partial charge in [-0.1, -0.05) is 42.5 Å². The fraction of sp³-hybridized carbons (Fsp3) is 0.136. The fourth-order valence-corrected chi connectivity index (χ4v) is 3.37. The third kappa shape index (κ3) is 3.62. The van der Waals surface area contributed by atoms with Gasteiger partial charge in [-0.05, 0) is 36.9 Å². The van der Waals surface area contributed by atoms with Crippen LogP contribution < -0.4 is 10.2 Å². The first-order valence-electron chi connectivity index (χ1n) is 9.53. The molecule has 2 heterocycles. The Labute approximate surface area is 173 Å². The number of nitrogens with zero attached hydrogens (tertiary/aromatic N) is 5. The SMILES string of the molecule is CCN(c1ncnc(Nc2ccc(C)cn2)c1[N+](=O)[O-])c1cccc2ccccc12. The van der Waals surface area contributed by atoms with Crippen molar-refractivity contribution < 1.29 is 4.92 Å². The van der Waals surface area contributed by atoms with E-state index in [2.05, 4.69) is 20.3 Å². The lowest BCUT2D eigenvalue weighted by molar-refractivity contribution is -0.383. The summed E-state index contributed by atoms with van der Waals surface area (Å²) >= 11 is 0. The molecule has 8 nitrogen and oxygen atoms in total. The van der Waals surface area contributed by atoms with Gasteiger partial charge in [0.2, 0.25) is 11.6 Å². The first-order chi connectivity index (χ1) is 14.6. The number of pyridine rings is 1. The first-order valence-corrected chi connectivity index (χ1v) is 9.53. The highest BCUT2D eigenvalue weighted by Gasteiger charge is 2.28. The molecule has 0 saturated carbocycles. The molecule has 0 unspecified atom stereocenters. The average molecular weight is 400 g/mol. The second kappa shape index (κ2) is 8.12. The quantitative estimate of drug-likeness (QED) is 0.353. The molecular formula is C22H20N6O2. The molecular weight excluding hydrogens is 380 g/mol. The Morgan fingerprint density at radius 1 is 1.03 bits per heavy atom. The van der Waals surface area contributed by atoms with Crippen molar-refractivity contribution in [3.05, 3.63) is 82.8 Å². The number of fused-ring (bicyclic) bond motifs is 1. The Bertz CT molecular complexity index is 1200. The monoisotopic (exact) mass is 400 g/mol. The molecule has 0 atom stereocenters. The lowest BCUT2D eigenvalue weighted by Crippen LogP contribution is -2.20. The van der Waals surface area contributed by atoms with E-state index in [0.29, 0.717) is 12.4 Å². The van der Waals surface area contributed by atoms with E-state index in [1.807, 2.05) is 67.3 Å². The predicted molar refractivity (Wildman–Crippen MR) is 118 cm³/mol. The van der Waals surface area contributed by atoms with Gasteiger partial charge in [-0.15, -0.1) is 0 Å². The summed E-state index contributed by atoms with van der Waals surface area (Å²) in [6.45, 7) is 4.35. The molecule has 2 aromatic heterocycles. The number of nitro groups is 1. The molecule has 0 fully saturated rings. The van der Waals surface area contributed by atoms with Gasteiger partial charge in [-0.2, -0.15) is 0 Å². The maximum atomic E-state index is 12.0. The highest BCUT2D eigenvalue weighted by Crippen LogP contribution is 2.39. The zero-order valence-corrected chi connectivity index (χ0v) is 16.6. The Morgan fingerprint density at radius 3 is 2.57 bits per heavy atom. The molecule has 2 aromatic carbocycles. The number of benzene rings is 2. The highest BCUT2D eigenvalue weighted by molar-refractivity contribution is 5.96. The second-order valence-corrected chi connectivity index (χ2v) is 6.74. The number of rotatable bonds is 6. The van der Waals surface area contributed by atoms with E-state index in [0.717, 1.165) is 22.0 Å². The summed E-state index contributed by atoms with van der Waals surface area (Å²) < 4.78 is 0. The number of aryl methyl sites for hydroxylation is 1. The van der Waals surface area contributed by atoms with Gasteiger partial charge in [-0.25, -0.2) is 15.0 Å². The summed E-state index contributed by atoms with van der Waals surface area (Å²) in [5.74, 6) is 0.796. The van der Waals surface area contributed by atoms with E-state index >= 15 is 0 Å². The number of nitrogens with one attached hydrogen (secondary N) is 1. The van der Waals surface area contributed by atoms with Crippen molar-refractivity contribution in [3.63, 3.8) is 0 Å². The van der Waals surface area contributed by atoms with Crippen LogP contribution in [0.2, 0.25) is 0 Å². The van der Waals surface area contributed by atoms with Gasteiger partial charge in [-0.3, -0.25) is 10.1 Å². The summed E-state index contributed by atoms with van der Waals surface area (Å²) in [6.07, 6.45) is 3.01. The van der Waals surface area contributed by atoms with Crippen molar-refractivity contribution in [2.24, 2.45) is 0 Å². The largest absolute Gasteiger partial charge is 0.354 e. The maximum Gasteiger partial charge on any atom is 0.354 e. The van der Waals surface area contributed by atoms with Crippen molar-refractivity contribution >= 4 is 39.6 Å². The van der Waals surface area contributed by atoms with Gasteiger partial charge in [0.25, 0.3) is 0 Å². The zero-order chi connectivity index (χ0) is 21.1. The van der Waals surface area contributed by atoms with Gasteiger partial charge in [0.15, 0.2) is 0 Å². The topological polar surface area (TPSA) is 97.1 Å². The summed E-state index contributed by atoms with van der Waals surface area (Å²) in [6, 6.07) is 17.4. The molecule has 0 aliphatic carbocycles. The fourth-order valence-electron chi connectivity index (χ4n) is 3.37. The Kier molecular flexibility index (Phi) is 5.21. The van der Waals surface area contributed by atoms with Gasteiger partial charge < -0.3 is 10.2 Å².